The zero-order valence-electron chi connectivity index (χ0n) is 11.6. The van der Waals surface area contributed by atoms with Crippen LogP contribution in [0.3, 0.4) is 0 Å². The van der Waals surface area contributed by atoms with E-state index in [0.717, 1.165) is 41.9 Å². The summed E-state index contributed by atoms with van der Waals surface area (Å²) in [6, 6.07) is 0. The van der Waals surface area contributed by atoms with E-state index in [9.17, 15) is 5.11 Å². The molecule has 8 atom stereocenters. The summed E-state index contributed by atoms with van der Waals surface area (Å²) < 4.78 is 6.05. The summed E-state index contributed by atoms with van der Waals surface area (Å²) in [5, 5.41) is 9.69. The van der Waals surface area contributed by atoms with E-state index in [0.29, 0.717) is 0 Å². The third-order valence-electron chi connectivity index (χ3n) is 6.90. The SMILES string of the molecule is CCC1(O[C@H](C)O)CC2CC1C1C3CCC(C3)C21. The van der Waals surface area contributed by atoms with Crippen molar-refractivity contribution in [2.45, 2.75) is 64.3 Å². The Morgan fingerprint density at radius 1 is 1.17 bits per heavy atom. The van der Waals surface area contributed by atoms with Crippen molar-refractivity contribution in [1.82, 2.24) is 0 Å². The van der Waals surface area contributed by atoms with Crippen LogP contribution in [0.5, 0.6) is 0 Å². The second-order valence-electron chi connectivity index (χ2n) is 7.43. The molecule has 0 aromatic heterocycles. The number of rotatable bonds is 3. The summed E-state index contributed by atoms with van der Waals surface area (Å²) in [6.45, 7) is 4.03. The average Bonchev–Trinajstić information content (AvgIpc) is 3.05. The highest BCUT2D eigenvalue weighted by molar-refractivity contribution is 5.16. The van der Waals surface area contributed by atoms with E-state index >= 15 is 0 Å². The largest absolute Gasteiger partial charge is 0.368 e. The average molecular weight is 250 g/mol. The van der Waals surface area contributed by atoms with Gasteiger partial charge < -0.3 is 9.84 Å². The molecule has 18 heavy (non-hydrogen) atoms. The Morgan fingerprint density at radius 3 is 2.56 bits per heavy atom. The Labute approximate surface area is 110 Å². The highest BCUT2D eigenvalue weighted by Crippen LogP contribution is 2.70. The van der Waals surface area contributed by atoms with E-state index in [-0.39, 0.29) is 5.60 Å². The van der Waals surface area contributed by atoms with Crippen molar-refractivity contribution in [3.8, 4) is 0 Å². The lowest BCUT2D eigenvalue weighted by Crippen LogP contribution is -2.47. The Morgan fingerprint density at radius 2 is 1.89 bits per heavy atom. The smallest absolute Gasteiger partial charge is 0.152 e. The van der Waals surface area contributed by atoms with Crippen molar-refractivity contribution in [3.63, 3.8) is 0 Å². The first-order valence-electron chi connectivity index (χ1n) is 8.00. The fraction of sp³-hybridized carbons (Fsp3) is 1.00. The molecule has 2 nitrogen and oxygen atoms in total. The molecule has 7 unspecified atom stereocenters. The van der Waals surface area contributed by atoms with Gasteiger partial charge in [-0.05, 0) is 81.0 Å². The van der Waals surface area contributed by atoms with Gasteiger partial charge in [0.1, 0.15) is 0 Å². The first-order chi connectivity index (χ1) is 8.64. The first-order valence-corrected chi connectivity index (χ1v) is 8.00. The molecule has 4 saturated carbocycles. The Balaban J connectivity index is 1.64. The third kappa shape index (κ3) is 1.31. The van der Waals surface area contributed by atoms with Crippen LogP contribution in [-0.4, -0.2) is 17.0 Å². The molecule has 0 aliphatic heterocycles. The van der Waals surface area contributed by atoms with Gasteiger partial charge in [0.25, 0.3) is 0 Å². The molecular formula is C16H26O2. The fourth-order valence-electron chi connectivity index (χ4n) is 6.66. The van der Waals surface area contributed by atoms with Gasteiger partial charge >= 0.3 is 0 Å². The van der Waals surface area contributed by atoms with Gasteiger partial charge in [-0.1, -0.05) is 6.92 Å². The van der Waals surface area contributed by atoms with Crippen LogP contribution in [0.25, 0.3) is 0 Å². The number of ether oxygens (including phenoxy) is 1. The van der Waals surface area contributed by atoms with Gasteiger partial charge in [-0.25, -0.2) is 0 Å². The van der Waals surface area contributed by atoms with Crippen LogP contribution in [0.1, 0.15) is 52.4 Å². The lowest BCUT2D eigenvalue weighted by atomic mass is 9.65. The lowest BCUT2D eigenvalue weighted by molar-refractivity contribution is -0.210. The zero-order valence-corrected chi connectivity index (χ0v) is 11.6. The molecule has 102 valence electrons. The van der Waals surface area contributed by atoms with E-state index in [1.165, 1.54) is 32.1 Å². The predicted octanol–water partition coefficient (Wildman–Crippen LogP) is 3.19. The van der Waals surface area contributed by atoms with Crippen LogP contribution < -0.4 is 0 Å². The summed E-state index contributed by atoms with van der Waals surface area (Å²) in [4.78, 5) is 0. The maximum absolute atomic E-state index is 9.69. The number of hydrogen-bond acceptors (Lipinski definition) is 2. The molecule has 1 N–H and O–H groups in total. The van der Waals surface area contributed by atoms with Crippen molar-refractivity contribution in [3.05, 3.63) is 0 Å². The summed E-state index contributed by atoms with van der Waals surface area (Å²) >= 11 is 0. The van der Waals surface area contributed by atoms with Crippen LogP contribution in [0.15, 0.2) is 0 Å². The standard InChI is InChI=1S/C16H26O2/c1-3-16(18-9(2)17)8-12-7-13(16)15-11-5-4-10(6-11)14(12)15/h9-15,17H,3-8H2,1-2H3/t9-,10?,11?,12?,13?,14?,15?,16?/m1/s1. The van der Waals surface area contributed by atoms with Crippen molar-refractivity contribution >= 4 is 0 Å². The molecule has 0 amide bonds. The normalized spacial score (nSPS) is 58.2. The number of fused-ring (bicyclic) bond motifs is 9. The fourth-order valence-corrected chi connectivity index (χ4v) is 6.66. The van der Waals surface area contributed by atoms with E-state index in [1.54, 1.807) is 6.92 Å². The lowest BCUT2D eigenvalue weighted by Gasteiger charge is -2.46. The molecule has 0 radical (unpaired) electrons. The molecule has 0 spiro atoms. The topological polar surface area (TPSA) is 29.5 Å². The van der Waals surface area contributed by atoms with Gasteiger partial charge in [-0.15, -0.1) is 0 Å². The maximum Gasteiger partial charge on any atom is 0.152 e. The molecule has 4 rings (SSSR count). The minimum atomic E-state index is -0.596. The number of aliphatic hydroxyl groups is 1. The van der Waals surface area contributed by atoms with Crippen LogP contribution >= 0.6 is 0 Å². The van der Waals surface area contributed by atoms with E-state index < -0.39 is 6.29 Å². The highest BCUT2D eigenvalue weighted by atomic mass is 16.6. The highest BCUT2D eigenvalue weighted by Gasteiger charge is 2.67. The molecule has 0 heterocycles. The molecule has 2 heteroatoms. The van der Waals surface area contributed by atoms with Crippen LogP contribution in [0.2, 0.25) is 0 Å². The molecular weight excluding hydrogens is 224 g/mol. The zero-order chi connectivity index (χ0) is 12.5. The van der Waals surface area contributed by atoms with Crippen molar-refractivity contribution in [1.29, 1.82) is 0 Å². The molecule has 4 aliphatic rings. The van der Waals surface area contributed by atoms with Gasteiger partial charge in [0.05, 0.1) is 5.60 Å². The van der Waals surface area contributed by atoms with E-state index in [2.05, 4.69) is 6.92 Å². The van der Waals surface area contributed by atoms with Crippen molar-refractivity contribution in [2.24, 2.45) is 35.5 Å². The second kappa shape index (κ2) is 3.73. The predicted molar refractivity (Wildman–Crippen MR) is 69.8 cm³/mol. The summed E-state index contributed by atoms with van der Waals surface area (Å²) in [6.07, 6.45) is 7.60. The Hall–Kier alpha value is -0.0800. The van der Waals surface area contributed by atoms with Crippen LogP contribution in [0, 0.1) is 35.5 Å². The Kier molecular flexibility index (Phi) is 2.43. The van der Waals surface area contributed by atoms with Crippen molar-refractivity contribution < 1.29 is 9.84 Å². The van der Waals surface area contributed by atoms with Crippen molar-refractivity contribution in [2.75, 3.05) is 0 Å². The van der Waals surface area contributed by atoms with Gasteiger partial charge in [0.15, 0.2) is 6.29 Å². The van der Waals surface area contributed by atoms with Gasteiger partial charge in [0.2, 0.25) is 0 Å². The molecule has 4 bridgehead atoms. The van der Waals surface area contributed by atoms with Gasteiger partial charge in [-0.3, -0.25) is 0 Å². The maximum atomic E-state index is 9.69. The molecule has 0 aromatic rings. The number of aliphatic hydroxyl groups excluding tert-OH is 1. The summed E-state index contributed by atoms with van der Waals surface area (Å²) in [5.74, 6) is 5.69. The first kappa shape index (κ1) is 11.7. The van der Waals surface area contributed by atoms with E-state index in [4.69, 9.17) is 4.74 Å². The van der Waals surface area contributed by atoms with Crippen LogP contribution in [0.4, 0.5) is 0 Å². The summed E-state index contributed by atoms with van der Waals surface area (Å²) in [7, 11) is 0. The molecule has 4 fully saturated rings. The Bertz CT molecular complexity index is 353. The van der Waals surface area contributed by atoms with Gasteiger partial charge in [0, 0.05) is 0 Å². The van der Waals surface area contributed by atoms with Crippen LogP contribution in [-0.2, 0) is 4.74 Å². The second-order valence-corrected chi connectivity index (χ2v) is 7.43. The van der Waals surface area contributed by atoms with E-state index in [1.807, 2.05) is 0 Å². The quantitative estimate of drug-likeness (QED) is 0.615. The minimum absolute atomic E-state index is 0.0183. The molecule has 0 saturated heterocycles. The minimum Gasteiger partial charge on any atom is -0.368 e. The number of hydrogen-bond donors (Lipinski definition) is 1. The molecule has 4 aliphatic carbocycles. The molecule has 0 aromatic carbocycles. The summed E-state index contributed by atoms with van der Waals surface area (Å²) in [5.41, 5.74) is 0.0183. The third-order valence-corrected chi connectivity index (χ3v) is 6.90. The van der Waals surface area contributed by atoms with Gasteiger partial charge in [-0.2, -0.15) is 0 Å². The monoisotopic (exact) mass is 250 g/mol.